The van der Waals surface area contributed by atoms with Crippen molar-refractivity contribution in [2.75, 3.05) is 6.54 Å². The fraction of sp³-hybridized carbons (Fsp3) is 0.357. The largest absolute Gasteiger partial charge is 0.335 e. The highest BCUT2D eigenvalue weighted by molar-refractivity contribution is 5.88. The topological polar surface area (TPSA) is 20.3 Å². The first kappa shape index (κ1) is 14.4. The van der Waals surface area contributed by atoms with E-state index in [0.717, 1.165) is 17.7 Å². The van der Waals surface area contributed by atoms with Gasteiger partial charge in [-0.2, -0.15) is 0 Å². The Morgan fingerprint density at radius 3 is 2.44 bits per heavy atom. The number of halogens is 2. The van der Waals surface area contributed by atoms with Gasteiger partial charge in [-0.25, -0.2) is 8.78 Å². The number of hydrogen-bond acceptors (Lipinski definition) is 1. The summed E-state index contributed by atoms with van der Waals surface area (Å²) in [6.45, 7) is 6.31. The first-order valence-corrected chi connectivity index (χ1v) is 5.81. The average molecular weight is 253 g/mol. The van der Waals surface area contributed by atoms with E-state index in [1.807, 2.05) is 20.8 Å². The Bertz CT molecular complexity index is 465. The molecule has 1 aromatic carbocycles. The Morgan fingerprint density at radius 2 is 1.94 bits per heavy atom. The minimum Gasteiger partial charge on any atom is -0.335 e. The van der Waals surface area contributed by atoms with E-state index < -0.39 is 11.6 Å². The molecule has 18 heavy (non-hydrogen) atoms. The molecule has 0 atom stereocenters. The summed E-state index contributed by atoms with van der Waals surface area (Å²) in [7, 11) is 0. The molecule has 0 saturated heterocycles. The molecule has 1 rings (SSSR count). The van der Waals surface area contributed by atoms with Gasteiger partial charge in [0.1, 0.15) is 0 Å². The zero-order valence-corrected chi connectivity index (χ0v) is 10.8. The van der Waals surface area contributed by atoms with Gasteiger partial charge in [0, 0.05) is 19.2 Å². The van der Waals surface area contributed by atoms with E-state index in [1.54, 1.807) is 4.90 Å². The lowest BCUT2D eigenvalue weighted by atomic mass is 10.2. The normalized spacial score (nSPS) is 10.1. The Morgan fingerprint density at radius 1 is 1.28 bits per heavy atom. The van der Waals surface area contributed by atoms with Gasteiger partial charge in [0.15, 0.2) is 11.6 Å². The van der Waals surface area contributed by atoms with Crippen LogP contribution in [0.1, 0.15) is 26.3 Å². The lowest BCUT2D eigenvalue weighted by molar-refractivity contribution is -0.126. The molecule has 0 fully saturated rings. The highest BCUT2D eigenvalue weighted by Crippen LogP contribution is 2.11. The molecule has 2 nitrogen and oxygen atoms in total. The zero-order chi connectivity index (χ0) is 13.7. The standard InChI is InChI=1S/C14H17F2NO/c1-4-17(14(18)7-10(2)3)9-11-5-6-12(15)13(16)8-11/h5-8H,4,9H2,1-3H3. The van der Waals surface area contributed by atoms with Crippen LogP contribution in [0.2, 0.25) is 0 Å². The van der Waals surface area contributed by atoms with Gasteiger partial charge >= 0.3 is 0 Å². The maximum atomic E-state index is 13.1. The molecule has 1 amide bonds. The number of hydrogen-bond donors (Lipinski definition) is 0. The van der Waals surface area contributed by atoms with Crippen LogP contribution in [0.25, 0.3) is 0 Å². The molecule has 0 spiro atoms. The second-order valence-corrected chi connectivity index (χ2v) is 4.32. The molecule has 0 saturated carbocycles. The fourth-order valence-electron chi connectivity index (χ4n) is 1.54. The molecule has 0 bridgehead atoms. The summed E-state index contributed by atoms with van der Waals surface area (Å²) in [5.41, 5.74) is 1.48. The predicted octanol–water partition coefficient (Wildman–Crippen LogP) is 3.28. The van der Waals surface area contributed by atoms with Gasteiger partial charge in [-0.05, 0) is 38.5 Å². The number of carbonyl (C=O) groups is 1. The smallest absolute Gasteiger partial charge is 0.246 e. The Balaban J connectivity index is 2.83. The lowest BCUT2D eigenvalue weighted by Gasteiger charge is -2.19. The summed E-state index contributed by atoms with van der Waals surface area (Å²) < 4.78 is 25.8. The molecule has 0 aliphatic heterocycles. The quantitative estimate of drug-likeness (QED) is 0.754. The predicted molar refractivity (Wildman–Crippen MR) is 66.9 cm³/mol. The first-order chi connectivity index (χ1) is 8.43. The third kappa shape index (κ3) is 3.95. The van der Waals surface area contributed by atoms with Crippen LogP contribution in [0.15, 0.2) is 29.8 Å². The van der Waals surface area contributed by atoms with Gasteiger partial charge in [0.2, 0.25) is 5.91 Å². The van der Waals surface area contributed by atoms with Crippen molar-refractivity contribution in [1.29, 1.82) is 0 Å². The van der Waals surface area contributed by atoms with Crippen molar-refractivity contribution in [2.24, 2.45) is 0 Å². The van der Waals surface area contributed by atoms with Crippen LogP contribution in [0.5, 0.6) is 0 Å². The molecule has 0 aliphatic carbocycles. The van der Waals surface area contributed by atoms with Crippen molar-refractivity contribution in [3.63, 3.8) is 0 Å². The number of nitrogens with zero attached hydrogens (tertiary/aromatic N) is 1. The van der Waals surface area contributed by atoms with Crippen molar-refractivity contribution in [3.8, 4) is 0 Å². The maximum Gasteiger partial charge on any atom is 0.246 e. The van der Waals surface area contributed by atoms with E-state index in [-0.39, 0.29) is 12.5 Å². The molecule has 0 N–H and O–H groups in total. The summed E-state index contributed by atoms with van der Waals surface area (Å²) >= 11 is 0. The Kier molecular flexibility index (Phi) is 5.01. The minimum atomic E-state index is -0.891. The summed E-state index contributed by atoms with van der Waals surface area (Å²) in [4.78, 5) is 13.4. The Labute approximate surface area is 106 Å². The molecule has 1 aromatic rings. The average Bonchev–Trinajstić information content (AvgIpc) is 2.29. The number of benzene rings is 1. The van der Waals surface area contributed by atoms with Crippen LogP contribution >= 0.6 is 0 Å². The van der Waals surface area contributed by atoms with Gasteiger partial charge in [-0.15, -0.1) is 0 Å². The van der Waals surface area contributed by atoms with E-state index in [4.69, 9.17) is 0 Å². The van der Waals surface area contributed by atoms with Crippen LogP contribution in [0, 0.1) is 11.6 Å². The number of rotatable bonds is 4. The second kappa shape index (κ2) is 6.28. The Hall–Kier alpha value is -1.71. The van der Waals surface area contributed by atoms with E-state index in [9.17, 15) is 13.6 Å². The number of carbonyl (C=O) groups excluding carboxylic acids is 1. The molecule has 98 valence electrons. The first-order valence-electron chi connectivity index (χ1n) is 5.81. The molecule has 4 heteroatoms. The molecule has 0 radical (unpaired) electrons. The van der Waals surface area contributed by atoms with Crippen LogP contribution in [0.3, 0.4) is 0 Å². The lowest BCUT2D eigenvalue weighted by Crippen LogP contribution is -2.28. The molecule has 0 aliphatic rings. The third-order valence-corrected chi connectivity index (χ3v) is 2.46. The minimum absolute atomic E-state index is 0.123. The molecule has 0 unspecified atom stereocenters. The van der Waals surface area contributed by atoms with E-state index in [0.29, 0.717) is 12.1 Å². The van der Waals surface area contributed by atoms with Crippen molar-refractivity contribution >= 4 is 5.91 Å². The highest BCUT2D eigenvalue weighted by Gasteiger charge is 2.11. The third-order valence-electron chi connectivity index (χ3n) is 2.46. The van der Waals surface area contributed by atoms with Crippen molar-refractivity contribution < 1.29 is 13.6 Å². The van der Waals surface area contributed by atoms with Crippen LogP contribution < -0.4 is 0 Å². The fourth-order valence-corrected chi connectivity index (χ4v) is 1.54. The summed E-state index contributed by atoms with van der Waals surface area (Å²) in [6, 6.07) is 3.68. The summed E-state index contributed by atoms with van der Waals surface area (Å²) in [5.74, 6) is -1.89. The zero-order valence-electron chi connectivity index (χ0n) is 10.8. The molecule has 0 aromatic heterocycles. The molecular formula is C14H17F2NO. The number of amides is 1. The maximum absolute atomic E-state index is 13.1. The van der Waals surface area contributed by atoms with Crippen LogP contribution in [0.4, 0.5) is 8.78 Å². The van der Waals surface area contributed by atoms with Gasteiger partial charge in [0.05, 0.1) is 0 Å². The van der Waals surface area contributed by atoms with Gasteiger partial charge in [0.25, 0.3) is 0 Å². The summed E-state index contributed by atoms with van der Waals surface area (Å²) in [5, 5.41) is 0. The molecule has 0 heterocycles. The monoisotopic (exact) mass is 253 g/mol. The number of allylic oxidation sites excluding steroid dienone is 1. The van der Waals surface area contributed by atoms with E-state index in [2.05, 4.69) is 0 Å². The van der Waals surface area contributed by atoms with Gasteiger partial charge < -0.3 is 4.90 Å². The van der Waals surface area contributed by atoms with Gasteiger partial charge in [-0.3, -0.25) is 4.79 Å². The number of likely N-dealkylation sites (N-methyl/N-ethyl adjacent to an activating group) is 1. The van der Waals surface area contributed by atoms with E-state index >= 15 is 0 Å². The van der Waals surface area contributed by atoms with Crippen molar-refractivity contribution in [2.45, 2.75) is 27.3 Å². The SMILES string of the molecule is CCN(Cc1ccc(F)c(F)c1)C(=O)C=C(C)C. The summed E-state index contributed by atoms with van der Waals surface area (Å²) in [6.07, 6.45) is 1.53. The van der Waals surface area contributed by atoms with Crippen molar-refractivity contribution in [3.05, 3.63) is 47.0 Å². The second-order valence-electron chi connectivity index (χ2n) is 4.32. The highest BCUT2D eigenvalue weighted by atomic mass is 19.2. The van der Waals surface area contributed by atoms with Crippen molar-refractivity contribution in [1.82, 2.24) is 4.90 Å². The van der Waals surface area contributed by atoms with Gasteiger partial charge in [-0.1, -0.05) is 11.6 Å². The van der Waals surface area contributed by atoms with E-state index in [1.165, 1.54) is 12.1 Å². The van der Waals surface area contributed by atoms with Crippen LogP contribution in [-0.2, 0) is 11.3 Å². The van der Waals surface area contributed by atoms with Crippen LogP contribution in [-0.4, -0.2) is 17.4 Å². The molecular weight excluding hydrogens is 236 g/mol.